The molecular weight excluding hydrogens is 222 g/mol. The molecule has 0 fully saturated rings. The van der Waals surface area contributed by atoms with E-state index in [-0.39, 0.29) is 12.0 Å². The molecule has 0 aromatic carbocycles. The molecule has 0 aliphatic heterocycles. The second kappa shape index (κ2) is 5.50. The van der Waals surface area contributed by atoms with Crippen molar-refractivity contribution in [3.8, 4) is 0 Å². The molecule has 1 heterocycles. The predicted molar refractivity (Wildman–Crippen MR) is 67.7 cm³/mol. The highest BCUT2D eigenvalue weighted by atomic mass is 32.2. The van der Waals surface area contributed by atoms with Crippen LogP contribution in [0.4, 0.5) is 5.82 Å². The molecule has 0 saturated heterocycles. The van der Waals surface area contributed by atoms with E-state index in [2.05, 4.69) is 36.1 Å². The van der Waals surface area contributed by atoms with E-state index < -0.39 is 0 Å². The number of aromatic nitrogens is 2. The van der Waals surface area contributed by atoms with Gasteiger partial charge in [-0.2, -0.15) is 0 Å². The lowest BCUT2D eigenvalue weighted by molar-refractivity contribution is 0.281. The van der Waals surface area contributed by atoms with Crippen LogP contribution in [0.15, 0.2) is 11.4 Å². The average molecular weight is 241 g/mol. The Morgan fingerprint density at radius 3 is 2.62 bits per heavy atom. The molecule has 0 amide bonds. The zero-order valence-corrected chi connectivity index (χ0v) is 11.1. The van der Waals surface area contributed by atoms with Gasteiger partial charge in [0.05, 0.1) is 6.61 Å². The number of nitrogens with zero attached hydrogens (tertiary/aromatic N) is 2. The van der Waals surface area contributed by atoms with Crippen LogP contribution in [0.2, 0.25) is 0 Å². The highest BCUT2D eigenvalue weighted by Crippen LogP contribution is 2.19. The normalized spacial score (nSPS) is 11.6. The van der Waals surface area contributed by atoms with E-state index in [1.807, 2.05) is 6.26 Å². The number of aliphatic hydroxyl groups is 1. The van der Waals surface area contributed by atoms with Gasteiger partial charge in [0.15, 0.2) is 5.16 Å². The van der Waals surface area contributed by atoms with Crippen molar-refractivity contribution >= 4 is 17.6 Å². The van der Waals surface area contributed by atoms with Crippen molar-refractivity contribution in [2.75, 3.05) is 18.1 Å². The number of thioether (sulfide) groups is 1. The van der Waals surface area contributed by atoms with Crippen molar-refractivity contribution in [2.24, 2.45) is 5.41 Å². The van der Waals surface area contributed by atoms with Gasteiger partial charge in [-0.1, -0.05) is 32.5 Å². The maximum Gasteiger partial charge on any atom is 0.189 e. The van der Waals surface area contributed by atoms with Crippen molar-refractivity contribution in [3.63, 3.8) is 0 Å². The number of hydrogen-bond donors (Lipinski definition) is 2. The Morgan fingerprint density at radius 1 is 1.44 bits per heavy atom. The Bertz CT molecular complexity index is 350. The van der Waals surface area contributed by atoms with E-state index in [0.29, 0.717) is 5.16 Å². The second-order valence-electron chi connectivity index (χ2n) is 4.80. The molecule has 0 bridgehead atoms. The molecule has 0 unspecified atom stereocenters. The molecule has 5 heteroatoms. The van der Waals surface area contributed by atoms with Crippen LogP contribution in [-0.4, -0.2) is 27.9 Å². The van der Waals surface area contributed by atoms with E-state index in [1.54, 1.807) is 6.20 Å². The topological polar surface area (TPSA) is 58.0 Å². The molecule has 0 radical (unpaired) electrons. The average Bonchev–Trinajstić information content (AvgIpc) is 2.25. The molecular formula is C11H19N3OS. The number of anilines is 1. The van der Waals surface area contributed by atoms with Crippen LogP contribution < -0.4 is 5.32 Å². The number of aliphatic hydroxyl groups excluding tert-OH is 1. The minimum absolute atomic E-state index is 0.0405. The number of hydrogen-bond acceptors (Lipinski definition) is 5. The van der Waals surface area contributed by atoms with Crippen molar-refractivity contribution in [1.29, 1.82) is 0 Å². The summed E-state index contributed by atoms with van der Waals surface area (Å²) in [5.74, 6) is 0.733. The van der Waals surface area contributed by atoms with Gasteiger partial charge in [0.1, 0.15) is 5.82 Å². The molecule has 90 valence electrons. The molecule has 1 aromatic heterocycles. The second-order valence-corrected chi connectivity index (χ2v) is 5.58. The summed E-state index contributed by atoms with van der Waals surface area (Å²) in [6.45, 7) is 7.21. The minimum atomic E-state index is -0.0405. The van der Waals surface area contributed by atoms with Gasteiger partial charge in [-0.25, -0.2) is 9.97 Å². The molecule has 0 atom stereocenters. The van der Waals surface area contributed by atoms with Gasteiger partial charge < -0.3 is 10.4 Å². The van der Waals surface area contributed by atoms with Gasteiger partial charge in [0, 0.05) is 18.3 Å². The molecule has 1 rings (SSSR count). The van der Waals surface area contributed by atoms with Crippen LogP contribution >= 0.6 is 11.8 Å². The van der Waals surface area contributed by atoms with Crippen molar-refractivity contribution < 1.29 is 5.11 Å². The fourth-order valence-corrected chi connectivity index (χ4v) is 1.45. The zero-order valence-electron chi connectivity index (χ0n) is 10.2. The molecule has 2 N–H and O–H groups in total. The van der Waals surface area contributed by atoms with Crippen LogP contribution in [0.3, 0.4) is 0 Å². The Kier molecular flexibility index (Phi) is 4.56. The first-order valence-electron chi connectivity index (χ1n) is 5.21. The zero-order chi connectivity index (χ0) is 12.2. The molecule has 0 aliphatic rings. The standard InChI is InChI=1S/C11H19N3OS/c1-11(2,3)7-13-9-8(6-15)5-12-10(14-9)16-4/h5,15H,6-7H2,1-4H3,(H,12,13,14). The van der Waals surface area contributed by atoms with E-state index in [9.17, 15) is 5.11 Å². The van der Waals surface area contributed by atoms with Gasteiger partial charge in [0.25, 0.3) is 0 Å². The van der Waals surface area contributed by atoms with Crippen molar-refractivity contribution in [3.05, 3.63) is 11.8 Å². The van der Waals surface area contributed by atoms with Gasteiger partial charge in [-0.05, 0) is 11.7 Å². The Morgan fingerprint density at radius 2 is 2.12 bits per heavy atom. The van der Waals surface area contributed by atoms with Gasteiger partial charge in [-0.15, -0.1) is 0 Å². The van der Waals surface area contributed by atoms with Crippen LogP contribution in [0, 0.1) is 5.41 Å². The van der Waals surface area contributed by atoms with Gasteiger partial charge in [0.2, 0.25) is 0 Å². The molecule has 0 spiro atoms. The lowest BCUT2D eigenvalue weighted by atomic mass is 9.97. The van der Waals surface area contributed by atoms with Crippen LogP contribution in [0.5, 0.6) is 0 Å². The maximum atomic E-state index is 9.18. The summed E-state index contributed by atoms with van der Waals surface area (Å²) in [5.41, 5.74) is 0.916. The van der Waals surface area contributed by atoms with E-state index >= 15 is 0 Å². The van der Waals surface area contributed by atoms with Crippen molar-refractivity contribution in [1.82, 2.24) is 9.97 Å². The van der Waals surface area contributed by atoms with Crippen LogP contribution in [0.25, 0.3) is 0 Å². The summed E-state index contributed by atoms with van der Waals surface area (Å²) < 4.78 is 0. The number of nitrogens with one attached hydrogen (secondary N) is 1. The van der Waals surface area contributed by atoms with E-state index in [1.165, 1.54) is 11.8 Å². The summed E-state index contributed by atoms with van der Waals surface area (Å²) in [4.78, 5) is 8.47. The monoisotopic (exact) mass is 241 g/mol. The van der Waals surface area contributed by atoms with Crippen LogP contribution in [0.1, 0.15) is 26.3 Å². The van der Waals surface area contributed by atoms with Crippen LogP contribution in [-0.2, 0) is 6.61 Å². The highest BCUT2D eigenvalue weighted by Gasteiger charge is 2.12. The summed E-state index contributed by atoms with van der Waals surface area (Å²) in [6, 6.07) is 0. The first-order valence-corrected chi connectivity index (χ1v) is 6.43. The molecule has 0 aliphatic carbocycles. The summed E-state index contributed by atoms with van der Waals surface area (Å²) in [6.07, 6.45) is 3.60. The first kappa shape index (κ1) is 13.3. The van der Waals surface area contributed by atoms with E-state index in [0.717, 1.165) is 17.9 Å². The first-order chi connectivity index (χ1) is 7.46. The Hall–Kier alpha value is -0.810. The fourth-order valence-electron chi connectivity index (χ4n) is 1.11. The fraction of sp³-hybridized carbons (Fsp3) is 0.636. The van der Waals surface area contributed by atoms with Crippen molar-refractivity contribution in [2.45, 2.75) is 32.5 Å². The molecule has 1 aromatic rings. The third-order valence-electron chi connectivity index (χ3n) is 1.98. The van der Waals surface area contributed by atoms with E-state index in [4.69, 9.17) is 0 Å². The molecule has 4 nitrogen and oxygen atoms in total. The maximum absolute atomic E-state index is 9.18. The summed E-state index contributed by atoms with van der Waals surface area (Å²) in [5, 5.41) is 13.2. The summed E-state index contributed by atoms with van der Waals surface area (Å²) in [7, 11) is 0. The van der Waals surface area contributed by atoms with Gasteiger partial charge >= 0.3 is 0 Å². The number of rotatable bonds is 4. The quantitative estimate of drug-likeness (QED) is 0.625. The third-order valence-corrected chi connectivity index (χ3v) is 2.54. The largest absolute Gasteiger partial charge is 0.391 e. The SMILES string of the molecule is CSc1ncc(CO)c(NCC(C)(C)C)n1. The minimum Gasteiger partial charge on any atom is -0.391 e. The summed E-state index contributed by atoms with van der Waals surface area (Å²) >= 11 is 1.49. The molecule has 16 heavy (non-hydrogen) atoms. The third kappa shape index (κ3) is 3.98. The Labute approximate surface area is 101 Å². The molecule has 0 saturated carbocycles. The predicted octanol–water partition coefficient (Wildman–Crippen LogP) is 2.15. The lowest BCUT2D eigenvalue weighted by Crippen LogP contribution is -2.20. The Balaban J connectivity index is 2.83. The van der Waals surface area contributed by atoms with Gasteiger partial charge in [-0.3, -0.25) is 0 Å². The smallest absolute Gasteiger partial charge is 0.189 e. The lowest BCUT2D eigenvalue weighted by Gasteiger charge is -2.20. The highest BCUT2D eigenvalue weighted by molar-refractivity contribution is 7.98.